The smallest absolute Gasteiger partial charge is 0.117 e. The average Bonchev–Trinajstić information content (AvgIpc) is 2.25. The molecule has 1 atom stereocenters. The Kier molecular flexibility index (Phi) is 4.99. The average molecular weight is 221 g/mol. The molecule has 0 spiro atoms. The minimum Gasteiger partial charge on any atom is -0.550 e. The van der Waals surface area contributed by atoms with Crippen LogP contribution < -0.4 is 10.4 Å². The van der Waals surface area contributed by atoms with Gasteiger partial charge in [-0.3, -0.25) is 0 Å². The van der Waals surface area contributed by atoms with E-state index >= 15 is 0 Å². The summed E-state index contributed by atoms with van der Waals surface area (Å²) < 4.78 is 0. The van der Waals surface area contributed by atoms with Crippen molar-refractivity contribution in [2.24, 2.45) is 5.92 Å². The van der Waals surface area contributed by atoms with Crippen LogP contribution >= 0.6 is 0 Å². The third-order valence-corrected chi connectivity index (χ3v) is 2.51. The molecule has 2 N–H and O–H groups in total. The lowest BCUT2D eigenvalue weighted by Crippen LogP contribution is -2.86. The molecule has 0 saturated carbocycles. The number of carbonyl (C=O) groups is 1. The second-order valence-corrected chi connectivity index (χ2v) is 4.46. The van der Waals surface area contributed by atoms with Crippen molar-refractivity contribution in [2.75, 3.05) is 6.54 Å². The van der Waals surface area contributed by atoms with Gasteiger partial charge in [-0.05, 0) is 0 Å². The molecule has 0 bridgehead atoms. The zero-order valence-corrected chi connectivity index (χ0v) is 9.85. The number of benzene rings is 1. The molecule has 0 heterocycles. The number of carboxylic acid groups (broad SMARTS) is 1. The van der Waals surface area contributed by atoms with E-state index in [1.54, 1.807) is 0 Å². The van der Waals surface area contributed by atoms with Crippen LogP contribution in [0.25, 0.3) is 0 Å². The Bertz CT molecular complexity index is 322. The Balaban J connectivity index is 2.67. The van der Waals surface area contributed by atoms with Crippen molar-refractivity contribution in [2.45, 2.75) is 26.3 Å². The van der Waals surface area contributed by atoms with Crippen LogP contribution in [-0.2, 0) is 4.79 Å². The lowest BCUT2D eigenvalue weighted by atomic mass is 10.0. The van der Waals surface area contributed by atoms with Gasteiger partial charge in [-0.1, -0.05) is 44.2 Å². The van der Waals surface area contributed by atoms with Crippen LogP contribution in [0.5, 0.6) is 0 Å². The first-order valence-electron chi connectivity index (χ1n) is 5.67. The predicted octanol–water partition coefficient (Wildman–Crippen LogP) is 0.0871. The van der Waals surface area contributed by atoms with E-state index in [-0.39, 0.29) is 12.5 Å². The molecule has 3 heteroatoms. The minimum atomic E-state index is -0.992. The fourth-order valence-corrected chi connectivity index (χ4v) is 1.65. The van der Waals surface area contributed by atoms with Crippen molar-refractivity contribution in [1.29, 1.82) is 0 Å². The summed E-state index contributed by atoms with van der Waals surface area (Å²) >= 11 is 0. The zero-order valence-electron chi connectivity index (χ0n) is 9.85. The molecule has 0 aliphatic heterocycles. The van der Waals surface area contributed by atoms with Gasteiger partial charge in [0.1, 0.15) is 6.04 Å². The Hall–Kier alpha value is -1.35. The SMILES string of the molecule is CC(C)C[NH2+][C@@H](CC(=O)[O-])c1ccccc1. The van der Waals surface area contributed by atoms with Crippen molar-refractivity contribution < 1.29 is 15.2 Å². The van der Waals surface area contributed by atoms with Crippen molar-refractivity contribution in [1.82, 2.24) is 0 Å². The van der Waals surface area contributed by atoms with E-state index in [2.05, 4.69) is 19.2 Å². The summed E-state index contributed by atoms with van der Waals surface area (Å²) in [6.45, 7) is 5.17. The highest BCUT2D eigenvalue weighted by Gasteiger charge is 2.15. The molecule has 0 saturated heterocycles. The van der Waals surface area contributed by atoms with Gasteiger partial charge in [-0.25, -0.2) is 0 Å². The van der Waals surface area contributed by atoms with Crippen LogP contribution in [0.3, 0.4) is 0 Å². The van der Waals surface area contributed by atoms with Gasteiger partial charge < -0.3 is 15.2 Å². The van der Waals surface area contributed by atoms with Crippen molar-refractivity contribution in [3.05, 3.63) is 35.9 Å². The number of carboxylic acids is 1. The van der Waals surface area contributed by atoms with E-state index in [4.69, 9.17) is 0 Å². The summed E-state index contributed by atoms with van der Waals surface area (Å²) in [5.74, 6) is -0.443. The number of hydrogen-bond acceptors (Lipinski definition) is 2. The van der Waals surface area contributed by atoms with Gasteiger partial charge in [0.25, 0.3) is 0 Å². The summed E-state index contributed by atoms with van der Waals surface area (Å²) in [6, 6.07) is 9.69. The largest absolute Gasteiger partial charge is 0.550 e. The van der Waals surface area contributed by atoms with Crippen LogP contribution in [-0.4, -0.2) is 12.5 Å². The first-order valence-corrected chi connectivity index (χ1v) is 5.67. The first-order chi connectivity index (χ1) is 7.59. The molecule has 88 valence electrons. The molecule has 0 aliphatic rings. The van der Waals surface area contributed by atoms with E-state index in [9.17, 15) is 9.90 Å². The molecule has 3 nitrogen and oxygen atoms in total. The third-order valence-electron chi connectivity index (χ3n) is 2.51. The van der Waals surface area contributed by atoms with Crippen LogP contribution in [0.2, 0.25) is 0 Å². The Morgan fingerprint density at radius 3 is 2.44 bits per heavy atom. The van der Waals surface area contributed by atoms with Crippen LogP contribution in [0.4, 0.5) is 0 Å². The summed E-state index contributed by atoms with van der Waals surface area (Å²) in [4.78, 5) is 10.7. The van der Waals surface area contributed by atoms with Crippen LogP contribution in [0.15, 0.2) is 30.3 Å². The summed E-state index contributed by atoms with van der Waals surface area (Å²) in [5, 5.41) is 12.8. The van der Waals surface area contributed by atoms with Crippen molar-refractivity contribution in [3.8, 4) is 0 Å². The van der Waals surface area contributed by atoms with Gasteiger partial charge in [0.05, 0.1) is 6.54 Å². The number of aliphatic carboxylic acids is 1. The molecule has 1 rings (SSSR count). The Morgan fingerprint density at radius 2 is 1.94 bits per heavy atom. The van der Waals surface area contributed by atoms with E-state index in [1.807, 2.05) is 30.3 Å². The number of carbonyl (C=O) groups excluding carboxylic acids is 1. The fraction of sp³-hybridized carbons (Fsp3) is 0.462. The molecule has 0 amide bonds. The lowest BCUT2D eigenvalue weighted by Gasteiger charge is -2.17. The number of quaternary nitrogens is 1. The van der Waals surface area contributed by atoms with Crippen molar-refractivity contribution in [3.63, 3.8) is 0 Å². The maximum Gasteiger partial charge on any atom is 0.117 e. The maximum absolute atomic E-state index is 10.7. The molecule has 0 radical (unpaired) electrons. The summed E-state index contributed by atoms with van der Waals surface area (Å²) in [7, 11) is 0. The molecule has 0 unspecified atom stereocenters. The summed E-state index contributed by atoms with van der Waals surface area (Å²) in [5.41, 5.74) is 1.05. The molecular formula is C13H19NO2. The van der Waals surface area contributed by atoms with Crippen LogP contribution in [0, 0.1) is 5.92 Å². The quantitative estimate of drug-likeness (QED) is 0.740. The molecule has 1 aromatic rings. The first kappa shape index (κ1) is 12.7. The number of rotatable bonds is 6. The van der Waals surface area contributed by atoms with E-state index in [0.29, 0.717) is 5.92 Å². The van der Waals surface area contributed by atoms with Gasteiger partial charge in [0, 0.05) is 23.9 Å². The highest BCUT2D eigenvalue weighted by molar-refractivity contribution is 5.65. The second kappa shape index (κ2) is 6.28. The molecular weight excluding hydrogens is 202 g/mol. The van der Waals surface area contributed by atoms with E-state index in [1.165, 1.54) is 0 Å². The third kappa shape index (κ3) is 4.45. The molecule has 16 heavy (non-hydrogen) atoms. The monoisotopic (exact) mass is 221 g/mol. The lowest BCUT2D eigenvalue weighted by molar-refractivity contribution is -0.700. The van der Waals surface area contributed by atoms with Gasteiger partial charge in [0.15, 0.2) is 0 Å². The fourth-order valence-electron chi connectivity index (χ4n) is 1.65. The normalized spacial score (nSPS) is 12.7. The topological polar surface area (TPSA) is 56.7 Å². The van der Waals surface area contributed by atoms with Gasteiger partial charge in [-0.2, -0.15) is 0 Å². The maximum atomic E-state index is 10.7. The van der Waals surface area contributed by atoms with Gasteiger partial charge in [-0.15, -0.1) is 0 Å². The zero-order chi connectivity index (χ0) is 12.0. The highest BCUT2D eigenvalue weighted by atomic mass is 16.4. The van der Waals surface area contributed by atoms with Crippen LogP contribution in [0.1, 0.15) is 31.9 Å². The number of hydrogen-bond donors (Lipinski definition) is 1. The van der Waals surface area contributed by atoms with E-state index < -0.39 is 5.97 Å². The van der Waals surface area contributed by atoms with Gasteiger partial charge >= 0.3 is 0 Å². The summed E-state index contributed by atoms with van der Waals surface area (Å²) in [6.07, 6.45) is 0.0662. The molecule has 0 aromatic heterocycles. The number of nitrogens with two attached hydrogens (primary N) is 1. The van der Waals surface area contributed by atoms with Gasteiger partial charge in [0.2, 0.25) is 0 Å². The standard InChI is InChI=1S/C13H19NO2/c1-10(2)9-14-12(8-13(15)16)11-6-4-3-5-7-11/h3-7,10,12,14H,8-9H2,1-2H3,(H,15,16)/t12-/m0/s1. The van der Waals surface area contributed by atoms with Crippen molar-refractivity contribution >= 4 is 5.97 Å². The molecule has 0 fully saturated rings. The molecule has 0 aliphatic carbocycles. The Labute approximate surface area is 96.5 Å². The second-order valence-electron chi connectivity index (χ2n) is 4.46. The predicted molar refractivity (Wildman–Crippen MR) is 60.4 cm³/mol. The highest BCUT2D eigenvalue weighted by Crippen LogP contribution is 2.11. The molecule has 1 aromatic carbocycles. The Morgan fingerprint density at radius 1 is 1.31 bits per heavy atom. The van der Waals surface area contributed by atoms with E-state index in [0.717, 1.165) is 12.1 Å². The minimum absolute atomic E-state index is 0.0337.